The molecule has 0 bridgehead atoms. The lowest BCUT2D eigenvalue weighted by Crippen LogP contribution is -2.37. The first kappa shape index (κ1) is 21.0. The number of hydrogen-bond acceptors (Lipinski definition) is 4. The average Bonchev–Trinajstić information content (AvgIpc) is 3.17. The number of rotatable bonds is 7. The summed E-state index contributed by atoms with van der Waals surface area (Å²) in [5, 5.41) is 2.59. The molecule has 152 valence electrons. The lowest BCUT2D eigenvalue weighted by Gasteiger charge is -2.21. The topological polar surface area (TPSA) is 79.6 Å². The summed E-state index contributed by atoms with van der Waals surface area (Å²) in [6.07, 6.45) is 1.37. The van der Waals surface area contributed by atoms with Crippen LogP contribution in [0.15, 0.2) is 70.2 Å². The van der Waals surface area contributed by atoms with Crippen LogP contribution in [-0.4, -0.2) is 25.2 Å². The van der Waals surface area contributed by atoms with Crippen LogP contribution >= 0.6 is 11.6 Å². The molecule has 1 heterocycles. The first-order valence-electron chi connectivity index (χ1n) is 8.29. The molecule has 2 aromatic carbocycles. The molecule has 0 aliphatic carbocycles. The number of carbonyl (C=O) groups excluding carboxylic acids is 1. The molecule has 0 unspecified atom stereocenters. The number of benzene rings is 2. The van der Waals surface area contributed by atoms with Crippen molar-refractivity contribution in [2.75, 3.05) is 11.9 Å². The van der Waals surface area contributed by atoms with E-state index in [9.17, 15) is 22.0 Å². The summed E-state index contributed by atoms with van der Waals surface area (Å²) in [5.41, 5.74) is -0.266. The second kappa shape index (κ2) is 8.73. The Balaban J connectivity index is 1.85. The predicted octanol–water partition coefficient (Wildman–Crippen LogP) is 4.04. The Labute approximate surface area is 170 Å². The minimum atomic E-state index is -4.10. The van der Waals surface area contributed by atoms with Gasteiger partial charge in [0.1, 0.15) is 17.4 Å². The zero-order valence-corrected chi connectivity index (χ0v) is 16.4. The monoisotopic (exact) mass is 440 g/mol. The lowest BCUT2D eigenvalue weighted by atomic mass is 10.3. The molecule has 3 rings (SSSR count). The third kappa shape index (κ3) is 5.20. The van der Waals surface area contributed by atoms with Crippen molar-refractivity contribution in [1.82, 2.24) is 4.31 Å². The van der Waals surface area contributed by atoms with E-state index >= 15 is 0 Å². The van der Waals surface area contributed by atoms with E-state index in [4.69, 9.17) is 16.0 Å². The lowest BCUT2D eigenvalue weighted by molar-refractivity contribution is -0.116. The maximum atomic E-state index is 13.8. The smallest absolute Gasteiger partial charge is 0.243 e. The molecule has 0 fully saturated rings. The van der Waals surface area contributed by atoms with Crippen LogP contribution < -0.4 is 5.32 Å². The summed E-state index contributed by atoms with van der Waals surface area (Å²) >= 11 is 5.81. The molecule has 0 aliphatic heterocycles. The van der Waals surface area contributed by atoms with Crippen molar-refractivity contribution in [3.8, 4) is 0 Å². The number of nitrogens with zero attached hydrogens (tertiary/aromatic N) is 1. The van der Waals surface area contributed by atoms with Gasteiger partial charge in [0.25, 0.3) is 0 Å². The average molecular weight is 441 g/mol. The van der Waals surface area contributed by atoms with Crippen molar-refractivity contribution in [3.05, 3.63) is 83.3 Å². The van der Waals surface area contributed by atoms with Crippen LogP contribution in [0.3, 0.4) is 0 Å². The summed E-state index contributed by atoms with van der Waals surface area (Å²) in [5.74, 6) is -2.27. The molecule has 1 amide bonds. The SMILES string of the molecule is O=C(CN(Cc1ccco1)S(=O)(=O)c1ccc(Cl)cc1)Nc1ccc(F)cc1F. The van der Waals surface area contributed by atoms with Crippen molar-refractivity contribution in [3.63, 3.8) is 0 Å². The molecule has 0 radical (unpaired) electrons. The molecule has 10 heteroatoms. The van der Waals surface area contributed by atoms with Gasteiger partial charge in [-0.15, -0.1) is 0 Å². The van der Waals surface area contributed by atoms with E-state index in [1.165, 1.54) is 30.5 Å². The van der Waals surface area contributed by atoms with Gasteiger partial charge >= 0.3 is 0 Å². The highest BCUT2D eigenvalue weighted by atomic mass is 35.5. The molecular formula is C19H15ClF2N2O4S. The van der Waals surface area contributed by atoms with E-state index in [0.717, 1.165) is 16.4 Å². The maximum absolute atomic E-state index is 13.8. The van der Waals surface area contributed by atoms with E-state index < -0.39 is 34.1 Å². The van der Waals surface area contributed by atoms with Gasteiger partial charge in [-0.25, -0.2) is 17.2 Å². The fourth-order valence-electron chi connectivity index (χ4n) is 2.50. The van der Waals surface area contributed by atoms with Crippen LogP contribution in [0, 0.1) is 11.6 Å². The number of furan rings is 1. The van der Waals surface area contributed by atoms with E-state index in [1.54, 1.807) is 12.1 Å². The fraction of sp³-hybridized carbons (Fsp3) is 0.105. The molecule has 6 nitrogen and oxygen atoms in total. The maximum Gasteiger partial charge on any atom is 0.243 e. The number of anilines is 1. The second-order valence-electron chi connectivity index (χ2n) is 5.98. The Morgan fingerprint density at radius 3 is 2.45 bits per heavy atom. The summed E-state index contributed by atoms with van der Waals surface area (Å²) in [6, 6.07) is 11.2. The molecule has 0 saturated heterocycles. The molecule has 0 atom stereocenters. The highest BCUT2D eigenvalue weighted by molar-refractivity contribution is 7.89. The molecule has 3 aromatic rings. The van der Waals surface area contributed by atoms with Crippen molar-refractivity contribution in [2.24, 2.45) is 0 Å². The third-order valence-electron chi connectivity index (χ3n) is 3.89. The number of carbonyl (C=O) groups is 1. The van der Waals surface area contributed by atoms with Gasteiger partial charge in [-0.3, -0.25) is 4.79 Å². The summed E-state index contributed by atoms with van der Waals surface area (Å²) in [6.45, 7) is -0.847. The van der Waals surface area contributed by atoms with Crippen LogP contribution in [0.4, 0.5) is 14.5 Å². The largest absolute Gasteiger partial charge is 0.468 e. The predicted molar refractivity (Wildman–Crippen MR) is 103 cm³/mol. The number of hydrogen-bond donors (Lipinski definition) is 1. The Morgan fingerprint density at radius 2 is 1.83 bits per heavy atom. The molecule has 0 aliphatic rings. The summed E-state index contributed by atoms with van der Waals surface area (Å²) in [4.78, 5) is 12.3. The van der Waals surface area contributed by atoms with Crippen LogP contribution in [0.1, 0.15) is 5.76 Å². The van der Waals surface area contributed by atoms with Gasteiger partial charge in [0, 0.05) is 11.1 Å². The van der Waals surface area contributed by atoms with E-state index in [-0.39, 0.29) is 17.1 Å². The van der Waals surface area contributed by atoms with Crippen LogP contribution in [-0.2, 0) is 21.4 Å². The van der Waals surface area contributed by atoms with Gasteiger partial charge < -0.3 is 9.73 Å². The van der Waals surface area contributed by atoms with Gasteiger partial charge in [-0.2, -0.15) is 4.31 Å². The number of halogens is 3. The highest BCUT2D eigenvalue weighted by Crippen LogP contribution is 2.21. The minimum absolute atomic E-state index is 0.0748. The van der Waals surface area contributed by atoms with Gasteiger partial charge in [0.2, 0.25) is 15.9 Å². The quantitative estimate of drug-likeness (QED) is 0.601. The number of nitrogens with one attached hydrogen (secondary N) is 1. The van der Waals surface area contributed by atoms with Crippen molar-refractivity contribution in [1.29, 1.82) is 0 Å². The first-order valence-corrected chi connectivity index (χ1v) is 10.1. The summed E-state index contributed by atoms with van der Waals surface area (Å²) in [7, 11) is -4.10. The van der Waals surface area contributed by atoms with Gasteiger partial charge in [0.05, 0.1) is 29.9 Å². The van der Waals surface area contributed by atoms with Gasteiger partial charge in [0.15, 0.2) is 0 Å². The van der Waals surface area contributed by atoms with Crippen LogP contribution in [0.2, 0.25) is 5.02 Å². The Kier molecular flexibility index (Phi) is 6.31. The number of amides is 1. The molecule has 1 N–H and O–H groups in total. The van der Waals surface area contributed by atoms with Crippen molar-refractivity contribution < 1.29 is 26.4 Å². The van der Waals surface area contributed by atoms with Crippen LogP contribution in [0.25, 0.3) is 0 Å². The zero-order chi connectivity index (χ0) is 21.0. The Hall–Kier alpha value is -2.75. The van der Waals surface area contributed by atoms with Gasteiger partial charge in [-0.05, 0) is 48.5 Å². The Morgan fingerprint density at radius 1 is 1.10 bits per heavy atom. The van der Waals surface area contributed by atoms with Crippen LogP contribution in [0.5, 0.6) is 0 Å². The zero-order valence-electron chi connectivity index (χ0n) is 14.8. The first-order chi connectivity index (χ1) is 13.8. The van der Waals surface area contributed by atoms with Gasteiger partial charge in [-0.1, -0.05) is 11.6 Å². The molecule has 29 heavy (non-hydrogen) atoms. The standard InChI is InChI=1S/C19H15ClF2N2O4S/c20-13-3-6-16(7-4-13)29(26,27)24(11-15-2-1-9-28-15)12-19(25)23-18-8-5-14(21)10-17(18)22/h1-10H,11-12H2,(H,23,25). The third-order valence-corrected chi connectivity index (χ3v) is 5.95. The molecular weight excluding hydrogens is 426 g/mol. The van der Waals surface area contributed by atoms with E-state index in [1.807, 2.05) is 0 Å². The van der Waals surface area contributed by atoms with Crippen molar-refractivity contribution >= 4 is 33.2 Å². The normalized spacial score (nSPS) is 11.6. The minimum Gasteiger partial charge on any atom is -0.468 e. The summed E-state index contributed by atoms with van der Waals surface area (Å²) < 4.78 is 58.9. The fourth-order valence-corrected chi connectivity index (χ4v) is 3.99. The van der Waals surface area contributed by atoms with E-state index in [2.05, 4.69) is 5.32 Å². The molecule has 1 aromatic heterocycles. The van der Waals surface area contributed by atoms with E-state index in [0.29, 0.717) is 16.8 Å². The second-order valence-corrected chi connectivity index (χ2v) is 8.35. The van der Waals surface area contributed by atoms with Crippen molar-refractivity contribution in [2.45, 2.75) is 11.4 Å². The highest BCUT2D eigenvalue weighted by Gasteiger charge is 2.28. The number of sulfonamides is 1. The Bertz CT molecular complexity index is 1100. The molecule has 0 spiro atoms. The molecule has 0 saturated carbocycles.